The molecule has 0 spiro atoms. The van der Waals surface area contributed by atoms with Gasteiger partial charge in [0.15, 0.2) is 5.82 Å². The maximum atomic E-state index is 14.4. The minimum absolute atomic E-state index is 0.0287. The Hall–Kier alpha value is -3.96. The molecule has 0 aliphatic carbocycles. The quantitative estimate of drug-likeness (QED) is 0.400. The van der Waals surface area contributed by atoms with Crippen LogP contribution in [0.1, 0.15) is 5.56 Å². The molecule has 166 valence electrons. The van der Waals surface area contributed by atoms with E-state index < -0.39 is 15.8 Å². The summed E-state index contributed by atoms with van der Waals surface area (Å²) in [7, 11) is -3.41. The van der Waals surface area contributed by atoms with Gasteiger partial charge in [0.2, 0.25) is 10.0 Å². The molecule has 4 heterocycles. The molecule has 0 fully saturated rings. The van der Waals surface area contributed by atoms with Crippen LogP contribution in [0.4, 0.5) is 4.39 Å². The first-order chi connectivity index (χ1) is 15.9. The maximum absolute atomic E-state index is 14.4. The van der Waals surface area contributed by atoms with Crippen molar-refractivity contribution in [2.45, 2.75) is 6.54 Å². The smallest absolute Gasteiger partial charge is 0.209 e. The van der Waals surface area contributed by atoms with E-state index in [-0.39, 0.29) is 6.54 Å². The molecule has 0 radical (unpaired) electrons. The average molecular weight is 463 g/mol. The van der Waals surface area contributed by atoms with E-state index in [1.165, 1.54) is 12.1 Å². The molecular weight excluding hydrogens is 445 g/mol. The first kappa shape index (κ1) is 20.9. The zero-order valence-corrected chi connectivity index (χ0v) is 18.2. The summed E-state index contributed by atoms with van der Waals surface area (Å²) < 4.78 is 41.3. The summed E-state index contributed by atoms with van der Waals surface area (Å²) in [5.41, 5.74) is 3.86. The standard InChI is InChI=1S/C22H18FN7O2S/c1-33(31,32)27-11-14-7-16(23)9-17(8-14)30-6-5-25-22(30)21-18-10-19(15-3-2-4-24-12-15)26-13-20(18)28-29-21/h2-10,12-13,27H,11H2,1H3,(H,28,29). The van der Waals surface area contributed by atoms with E-state index in [0.717, 1.165) is 28.4 Å². The van der Waals surface area contributed by atoms with Crippen molar-refractivity contribution in [1.82, 2.24) is 34.4 Å². The van der Waals surface area contributed by atoms with E-state index in [1.54, 1.807) is 41.6 Å². The Morgan fingerprint density at radius 2 is 2.00 bits per heavy atom. The van der Waals surface area contributed by atoms with Gasteiger partial charge in [-0.25, -0.2) is 22.5 Å². The van der Waals surface area contributed by atoms with E-state index in [9.17, 15) is 12.8 Å². The molecule has 1 aromatic carbocycles. The topological polar surface area (TPSA) is 118 Å². The highest BCUT2D eigenvalue weighted by Gasteiger charge is 2.17. The van der Waals surface area contributed by atoms with Crippen LogP contribution in [-0.2, 0) is 16.6 Å². The van der Waals surface area contributed by atoms with Crippen LogP contribution in [-0.4, -0.2) is 44.4 Å². The van der Waals surface area contributed by atoms with Crippen LogP contribution in [0.2, 0.25) is 0 Å². The summed E-state index contributed by atoms with van der Waals surface area (Å²) in [5, 5.41) is 8.18. The number of nitrogens with zero attached hydrogens (tertiary/aromatic N) is 5. The molecule has 0 unspecified atom stereocenters. The summed E-state index contributed by atoms with van der Waals surface area (Å²) in [6.07, 6.45) is 9.46. The lowest BCUT2D eigenvalue weighted by atomic mass is 10.1. The van der Waals surface area contributed by atoms with E-state index in [2.05, 4.69) is 29.9 Å². The van der Waals surface area contributed by atoms with Crippen LogP contribution in [0, 0.1) is 5.82 Å². The van der Waals surface area contributed by atoms with Gasteiger partial charge in [-0.05, 0) is 42.0 Å². The number of H-pyrrole nitrogens is 1. The molecule has 0 amide bonds. The zero-order valence-electron chi connectivity index (χ0n) is 17.4. The predicted molar refractivity (Wildman–Crippen MR) is 121 cm³/mol. The molecule has 4 aromatic heterocycles. The molecule has 0 atom stereocenters. The lowest BCUT2D eigenvalue weighted by molar-refractivity contribution is 0.586. The van der Waals surface area contributed by atoms with Crippen LogP contribution in [0.3, 0.4) is 0 Å². The first-order valence-electron chi connectivity index (χ1n) is 9.90. The second-order valence-corrected chi connectivity index (χ2v) is 9.29. The van der Waals surface area contributed by atoms with Gasteiger partial charge >= 0.3 is 0 Å². The van der Waals surface area contributed by atoms with Crippen molar-refractivity contribution in [1.29, 1.82) is 0 Å². The van der Waals surface area contributed by atoms with Gasteiger partial charge < -0.3 is 0 Å². The lowest BCUT2D eigenvalue weighted by Gasteiger charge is -2.10. The number of hydrogen-bond acceptors (Lipinski definition) is 6. The molecular formula is C22H18FN7O2S. The summed E-state index contributed by atoms with van der Waals surface area (Å²) >= 11 is 0. The third kappa shape index (κ3) is 4.36. The van der Waals surface area contributed by atoms with Gasteiger partial charge in [-0.1, -0.05) is 0 Å². The molecule has 5 rings (SSSR count). The summed E-state index contributed by atoms with van der Waals surface area (Å²) in [5.74, 6) is 0.00427. The molecule has 11 heteroatoms. The monoisotopic (exact) mass is 463 g/mol. The van der Waals surface area contributed by atoms with Crippen LogP contribution in [0.5, 0.6) is 0 Å². The lowest BCUT2D eigenvalue weighted by Crippen LogP contribution is -2.21. The van der Waals surface area contributed by atoms with Gasteiger partial charge in [-0.15, -0.1) is 0 Å². The Labute approximate surface area is 188 Å². The number of sulfonamides is 1. The van der Waals surface area contributed by atoms with Crippen LogP contribution in [0.25, 0.3) is 39.4 Å². The Kier molecular flexibility index (Phi) is 5.19. The minimum Gasteiger partial charge on any atom is -0.298 e. The number of pyridine rings is 2. The number of aromatic nitrogens is 6. The third-order valence-corrected chi connectivity index (χ3v) is 5.68. The van der Waals surface area contributed by atoms with Gasteiger partial charge in [0.1, 0.15) is 11.5 Å². The number of aromatic amines is 1. The van der Waals surface area contributed by atoms with Crippen molar-refractivity contribution in [3.63, 3.8) is 0 Å². The number of imidazole rings is 1. The molecule has 0 bridgehead atoms. The first-order valence-corrected chi connectivity index (χ1v) is 11.8. The molecule has 9 nitrogen and oxygen atoms in total. The van der Waals surface area contributed by atoms with Gasteiger partial charge in [0.05, 0.1) is 29.4 Å². The summed E-state index contributed by atoms with van der Waals surface area (Å²) in [6, 6.07) is 9.99. The fourth-order valence-electron chi connectivity index (χ4n) is 3.54. The minimum atomic E-state index is -3.41. The zero-order chi connectivity index (χ0) is 23.0. The largest absolute Gasteiger partial charge is 0.298 e. The van der Waals surface area contributed by atoms with Crippen molar-refractivity contribution in [3.8, 4) is 28.5 Å². The number of halogens is 1. The SMILES string of the molecule is CS(=O)(=O)NCc1cc(F)cc(-n2ccnc2-c2n[nH]c3cnc(-c4cccnc4)cc23)c1. The molecule has 2 N–H and O–H groups in total. The molecule has 0 saturated heterocycles. The molecule has 5 aromatic rings. The van der Waals surface area contributed by atoms with Crippen LogP contribution < -0.4 is 4.72 Å². The Morgan fingerprint density at radius 1 is 1.12 bits per heavy atom. The summed E-state index contributed by atoms with van der Waals surface area (Å²) in [6.45, 7) is -0.0287. The summed E-state index contributed by atoms with van der Waals surface area (Å²) in [4.78, 5) is 13.1. The van der Waals surface area contributed by atoms with Crippen LogP contribution >= 0.6 is 0 Å². The van der Waals surface area contributed by atoms with E-state index in [1.807, 2.05) is 18.2 Å². The Morgan fingerprint density at radius 3 is 2.79 bits per heavy atom. The van der Waals surface area contributed by atoms with Crippen molar-refractivity contribution in [2.24, 2.45) is 0 Å². The van der Waals surface area contributed by atoms with Crippen LogP contribution in [0.15, 0.2) is 67.4 Å². The molecule has 33 heavy (non-hydrogen) atoms. The van der Waals surface area contributed by atoms with Gasteiger partial charge in [-0.3, -0.25) is 19.6 Å². The van der Waals surface area contributed by atoms with Gasteiger partial charge in [0.25, 0.3) is 0 Å². The van der Waals surface area contributed by atoms with Crippen molar-refractivity contribution < 1.29 is 12.8 Å². The number of benzene rings is 1. The van der Waals surface area contributed by atoms with E-state index in [4.69, 9.17) is 0 Å². The molecule has 0 aliphatic rings. The second kappa shape index (κ2) is 8.19. The van der Waals surface area contributed by atoms with Crippen molar-refractivity contribution in [3.05, 3.63) is 78.8 Å². The van der Waals surface area contributed by atoms with Crippen molar-refractivity contribution in [2.75, 3.05) is 6.26 Å². The highest BCUT2D eigenvalue weighted by Crippen LogP contribution is 2.30. The fraction of sp³-hybridized carbons (Fsp3) is 0.0909. The second-order valence-electron chi connectivity index (χ2n) is 7.46. The number of nitrogens with one attached hydrogen (secondary N) is 2. The molecule has 0 aliphatic heterocycles. The fourth-order valence-corrected chi connectivity index (χ4v) is 3.96. The van der Waals surface area contributed by atoms with E-state index >= 15 is 0 Å². The molecule has 0 saturated carbocycles. The highest BCUT2D eigenvalue weighted by molar-refractivity contribution is 7.88. The van der Waals surface area contributed by atoms with Gasteiger partial charge in [-0.2, -0.15) is 5.10 Å². The number of hydrogen-bond donors (Lipinski definition) is 2. The number of fused-ring (bicyclic) bond motifs is 1. The Balaban J connectivity index is 1.58. The van der Waals surface area contributed by atoms with E-state index in [0.29, 0.717) is 22.8 Å². The maximum Gasteiger partial charge on any atom is 0.209 e. The Bertz CT molecular complexity index is 1560. The highest BCUT2D eigenvalue weighted by atomic mass is 32.2. The number of rotatable bonds is 6. The predicted octanol–water partition coefficient (Wildman–Crippen LogP) is 3.06. The van der Waals surface area contributed by atoms with Crippen molar-refractivity contribution >= 4 is 20.9 Å². The average Bonchev–Trinajstić information content (AvgIpc) is 3.44. The third-order valence-electron chi connectivity index (χ3n) is 5.02. The normalized spacial score (nSPS) is 11.8. The van der Waals surface area contributed by atoms with Gasteiger partial charge in [0, 0.05) is 42.3 Å².